The molecule has 1 aliphatic rings. The zero-order chi connectivity index (χ0) is 24.8. The van der Waals surface area contributed by atoms with Crippen LogP contribution in [0.5, 0.6) is 17.2 Å². The van der Waals surface area contributed by atoms with Crippen LogP contribution in [0, 0.1) is 0 Å². The number of rotatable bonds is 9. The van der Waals surface area contributed by atoms with Gasteiger partial charge in [-0.05, 0) is 43.7 Å². The van der Waals surface area contributed by atoms with Crippen LogP contribution in [0.4, 0.5) is 10.5 Å². The minimum absolute atomic E-state index is 0.0515. The van der Waals surface area contributed by atoms with E-state index >= 15 is 0 Å². The van der Waals surface area contributed by atoms with Crippen LogP contribution >= 0.6 is 11.6 Å². The Morgan fingerprint density at radius 1 is 1.18 bits per heavy atom. The molecule has 1 unspecified atom stereocenters. The van der Waals surface area contributed by atoms with E-state index in [0.717, 1.165) is 0 Å². The smallest absolute Gasteiger partial charge is 0.341 e. The van der Waals surface area contributed by atoms with Crippen molar-refractivity contribution >= 4 is 35.2 Å². The van der Waals surface area contributed by atoms with Gasteiger partial charge in [0.05, 0.1) is 36.0 Å². The van der Waals surface area contributed by atoms with Gasteiger partial charge in [0.2, 0.25) is 0 Å². The van der Waals surface area contributed by atoms with Gasteiger partial charge >= 0.3 is 12.0 Å². The molecular formula is C23H24ClN3O7. The maximum Gasteiger partial charge on any atom is 0.341 e. The van der Waals surface area contributed by atoms with Crippen molar-refractivity contribution in [2.75, 3.05) is 25.6 Å². The van der Waals surface area contributed by atoms with Gasteiger partial charge in [-0.15, -0.1) is 0 Å². The molecule has 10 nitrogen and oxygen atoms in total. The summed E-state index contributed by atoms with van der Waals surface area (Å²) in [6.07, 6.45) is 0. The van der Waals surface area contributed by atoms with Crippen molar-refractivity contribution in [3.8, 4) is 17.2 Å². The van der Waals surface area contributed by atoms with Gasteiger partial charge in [0.1, 0.15) is 5.75 Å². The van der Waals surface area contributed by atoms with Crippen molar-refractivity contribution in [1.29, 1.82) is 0 Å². The Labute approximate surface area is 200 Å². The van der Waals surface area contributed by atoms with Gasteiger partial charge in [-0.1, -0.05) is 23.7 Å². The second kappa shape index (κ2) is 10.8. The summed E-state index contributed by atoms with van der Waals surface area (Å²) >= 11 is 6.38. The quantitative estimate of drug-likeness (QED) is 0.423. The van der Waals surface area contributed by atoms with Crippen LogP contribution in [0.2, 0.25) is 5.02 Å². The Morgan fingerprint density at radius 3 is 2.59 bits per heavy atom. The van der Waals surface area contributed by atoms with E-state index in [2.05, 4.69) is 16.0 Å². The molecule has 0 bridgehead atoms. The first-order valence-electron chi connectivity index (χ1n) is 10.3. The average Bonchev–Trinajstić information content (AvgIpc) is 2.78. The van der Waals surface area contributed by atoms with Crippen LogP contribution in [-0.2, 0) is 9.59 Å². The third-order valence-electron chi connectivity index (χ3n) is 4.87. The number of carbonyl (C=O) groups excluding carboxylic acids is 2. The van der Waals surface area contributed by atoms with Crippen LogP contribution in [0.3, 0.4) is 0 Å². The molecule has 2 aromatic rings. The minimum atomic E-state index is -1.18. The number of carboxylic acid groups (broad SMARTS) is 1. The molecule has 0 aromatic heterocycles. The van der Waals surface area contributed by atoms with E-state index in [4.69, 9.17) is 30.9 Å². The highest BCUT2D eigenvalue weighted by atomic mass is 35.5. The molecule has 0 saturated heterocycles. The number of ether oxygens (including phenoxy) is 3. The van der Waals surface area contributed by atoms with Crippen molar-refractivity contribution in [3.63, 3.8) is 0 Å². The summed E-state index contributed by atoms with van der Waals surface area (Å²) in [7, 11) is 1.49. The molecule has 0 radical (unpaired) electrons. The summed E-state index contributed by atoms with van der Waals surface area (Å²) < 4.78 is 16.2. The van der Waals surface area contributed by atoms with Gasteiger partial charge in [-0.3, -0.25) is 4.79 Å². The second-order valence-electron chi connectivity index (χ2n) is 7.17. The first-order chi connectivity index (χ1) is 16.2. The summed E-state index contributed by atoms with van der Waals surface area (Å²) in [6.45, 7) is 2.98. The van der Waals surface area contributed by atoms with Crippen molar-refractivity contribution in [3.05, 3.63) is 58.3 Å². The Bertz CT molecular complexity index is 1150. The van der Waals surface area contributed by atoms with Crippen LogP contribution in [0.15, 0.2) is 47.7 Å². The fourth-order valence-electron chi connectivity index (χ4n) is 3.47. The SMILES string of the molecule is CCOc1cc(C2NC(=O)NC(C)=C2C(=O)Nc2ccccc2OC)cc(Cl)c1OCC(=O)O. The molecule has 0 fully saturated rings. The van der Waals surface area contributed by atoms with Crippen LogP contribution in [0.25, 0.3) is 0 Å². The largest absolute Gasteiger partial charge is 0.495 e. The number of nitrogens with one attached hydrogen (secondary N) is 3. The van der Waals surface area contributed by atoms with E-state index in [1.165, 1.54) is 13.2 Å². The van der Waals surface area contributed by atoms with Crippen molar-refractivity contribution in [2.24, 2.45) is 0 Å². The minimum Gasteiger partial charge on any atom is -0.495 e. The number of benzene rings is 2. The molecule has 11 heteroatoms. The van der Waals surface area contributed by atoms with E-state index < -0.39 is 30.6 Å². The highest BCUT2D eigenvalue weighted by Crippen LogP contribution is 2.40. The lowest BCUT2D eigenvalue weighted by molar-refractivity contribution is -0.139. The molecule has 1 heterocycles. The number of hydrogen-bond acceptors (Lipinski definition) is 6. The van der Waals surface area contributed by atoms with Crippen molar-refractivity contribution in [1.82, 2.24) is 10.6 Å². The molecule has 1 aliphatic heterocycles. The van der Waals surface area contributed by atoms with Crippen molar-refractivity contribution in [2.45, 2.75) is 19.9 Å². The molecule has 34 heavy (non-hydrogen) atoms. The highest BCUT2D eigenvalue weighted by Gasteiger charge is 2.33. The number of methoxy groups -OCH3 is 1. The van der Waals surface area contributed by atoms with Gasteiger partial charge in [0, 0.05) is 5.70 Å². The number of hydrogen-bond donors (Lipinski definition) is 4. The molecule has 4 N–H and O–H groups in total. The van der Waals surface area contributed by atoms with Crippen molar-refractivity contribution < 1.29 is 33.7 Å². The Morgan fingerprint density at radius 2 is 1.91 bits per heavy atom. The lowest BCUT2D eigenvalue weighted by Crippen LogP contribution is -2.46. The summed E-state index contributed by atoms with van der Waals surface area (Å²) in [4.78, 5) is 36.5. The van der Waals surface area contributed by atoms with Crippen LogP contribution in [-0.4, -0.2) is 43.3 Å². The van der Waals surface area contributed by atoms with E-state index in [0.29, 0.717) is 22.7 Å². The summed E-state index contributed by atoms with van der Waals surface area (Å²) in [5, 5.41) is 17.1. The zero-order valence-corrected chi connectivity index (χ0v) is 19.5. The highest BCUT2D eigenvalue weighted by molar-refractivity contribution is 6.32. The molecule has 3 amide bonds. The van der Waals surface area contributed by atoms with E-state index in [-0.39, 0.29) is 28.7 Å². The maximum atomic E-state index is 13.3. The third kappa shape index (κ3) is 5.52. The lowest BCUT2D eigenvalue weighted by Gasteiger charge is -2.29. The van der Waals surface area contributed by atoms with Gasteiger partial charge in [0.25, 0.3) is 5.91 Å². The van der Waals surface area contributed by atoms with Gasteiger partial charge in [0.15, 0.2) is 18.1 Å². The lowest BCUT2D eigenvalue weighted by atomic mass is 9.94. The number of aliphatic carboxylic acids is 1. The van der Waals surface area contributed by atoms with Crippen LogP contribution < -0.4 is 30.2 Å². The third-order valence-corrected chi connectivity index (χ3v) is 5.15. The Hall–Kier alpha value is -3.92. The predicted octanol–water partition coefficient (Wildman–Crippen LogP) is 3.48. The molecule has 0 spiro atoms. The Balaban J connectivity index is 2.02. The molecule has 3 rings (SSSR count). The number of allylic oxidation sites excluding steroid dienone is 1. The average molecular weight is 490 g/mol. The fourth-order valence-corrected chi connectivity index (χ4v) is 3.75. The standard InChI is InChI=1S/C23H24ClN3O7/c1-4-33-17-10-13(9-14(24)21(17)34-11-18(28)29)20-19(12(2)25-23(31)27-20)22(30)26-15-7-5-6-8-16(15)32-3/h5-10,20H,4,11H2,1-3H3,(H,26,30)(H,28,29)(H2,25,27,31). The first-order valence-corrected chi connectivity index (χ1v) is 10.7. The van der Waals surface area contributed by atoms with E-state index in [9.17, 15) is 14.4 Å². The van der Waals surface area contributed by atoms with Gasteiger partial charge < -0.3 is 35.3 Å². The summed E-state index contributed by atoms with van der Waals surface area (Å²) in [5.41, 5.74) is 1.48. The number of para-hydroxylation sites is 2. The topological polar surface area (TPSA) is 135 Å². The summed E-state index contributed by atoms with van der Waals surface area (Å²) in [5.74, 6) is -0.946. The fraction of sp³-hybridized carbons (Fsp3) is 0.261. The number of anilines is 1. The first kappa shape index (κ1) is 24.7. The maximum absolute atomic E-state index is 13.3. The van der Waals surface area contributed by atoms with E-state index in [1.54, 1.807) is 44.2 Å². The number of carbonyl (C=O) groups is 3. The molecule has 2 aromatic carbocycles. The van der Waals surface area contributed by atoms with E-state index in [1.807, 2.05) is 0 Å². The Kier molecular flexibility index (Phi) is 7.85. The van der Waals surface area contributed by atoms with Gasteiger partial charge in [-0.2, -0.15) is 0 Å². The molecule has 0 aliphatic carbocycles. The predicted molar refractivity (Wildman–Crippen MR) is 124 cm³/mol. The zero-order valence-electron chi connectivity index (χ0n) is 18.7. The number of carboxylic acids is 1. The molecular weight excluding hydrogens is 466 g/mol. The van der Waals surface area contributed by atoms with Crippen LogP contribution in [0.1, 0.15) is 25.5 Å². The number of urea groups is 1. The number of amides is 3. The number of halogens is 1. The molecule has 0 saturated carbocycles. The van der Waals surface area contributed by atoms with Gasteiger partial charge in [-0.25, -0.2) is 9.59 Å². The monoisotopic (exact) mass is 489 g/mol. The normalized spacial score (nSPS) is 15.2. The second-order valence-corrected chi connectivity index (χ2v) is 7.58. The summed E-state index contributed by atoms with van der Waals surface area (Å²) in [6, 6.07) is 8.57. The molecule has 180 valence electrons. The molecule has 1 atom stereocenters.